The second-order valence-corrected chi connectivity index (χ2v) is 6.42. The number of aromatic nitrogens is 1. The van der Waals surface area contributed by atoms with E-state index in [1.54, 1.807) is 25.6 Å². The SMILES string of the molecule is COc1c(C(N)=O)ccc(-c2ccncc2)c1[C@H](C)c1ccc(Cl)cc1. The van der Waals surface area contributed by atoms with Gasteiger partial charge in [0.2, 0.25) is 0 Å². The zero-order valence-electron chi connectivity index (χ0n) is 14.6. The van der Waals surface area contributed by atoms with Crippen LogP contribution in [0.1, 0.15) is 34.3 Å². The molecule has 0 spiro atoms. The Morgan fingerprint density at radius 1 is 1.08 bits per heavy atom. The second-order valence-electron chi connectivity index (χ2n) is 5.98. The molecule has 4 nitrogen and oxygen atoms in total. The molecule has 0 unspecified atom stereocenters. The first-order chi connectivity index (χ1) is 12.5. The molecule has 0 aliphatic carbocycles. The molecular weight excluding hydrogens is 348 g/mol. The lowest BCUT2D eigenvalue weighted by atomic mass is 9.85. The molecule has 0 fully saturated rings. The number of amides is 1. The van der Waals surface area contributed by atoms with E-state index in [9.17, 15) is 4.79 Å². The third kappa shape index (κ3) is 3.41. The van der Waals surface area contributed by atoms with Crippen molar-refractivity contribution >= 4 is 17.5 Å². The molecular formula is C21H19ClN2O2. The normalized spacial score (nSPS) is 11.8. The van der Waals surface area contributed by atoms with Crippen LogP contribution in [0, 0.1) is 0 Å². The molecule has 1 heterocycles. The van der Waals surface area contributed by atoms with Crippen LogP contribution in [0.25, 0.3) is 11.1 Å². The molecule has 0 aliphatic heterocycles. The van der Waals surface area contributed by atoms with E-state index in [1.165, 1.54) is 0 Å². The zero-order chi connectivity index (χ0) is 18.7. The summed E-state index contributed by atoms with van der Waals surface area (Å²) in [6, 6.07) is 15.1. The fourth-order valence-electron chi connectivity index (χ4n) is 3.14. The summed E-state index contributed by atoms with van der Waals surface area (Å²) >= 11 is 6.02. The number of hydrogen-bond donors (Lipinski definition) is 1. The van der Waals surface area contributed by atoms with Crippen molar-refractivity contribution in [3.8, 4) is 16.9 Å². The summed E-state index contributed by atoms with van der Waals surface area (Å²) in [5.74, 6) is -0.0633. The molecule has 2 aromatic carbocycles. The monoisotopic (exact) mass is 366 g/mol. The maximum Gasteiger partial charge on any atom is 0.252 e. The van der Waals surface area contributed by atoms with Gasteiger partial charge in [0.1, 0.15) is 5.75 Å². The van der Waals surface area contributed by atoms with Crippen LogP contribution in [0.15, 0.2) is 60.9 Å². The van der Waals surface area contributed by atoms with Crippen LogP contribution in [0.2, 0.25) is 5.02 Å². The second kappa shape index (κ2) is 7.58. The molecule has 5 heteroatoms. The molecule has 0 bridgehead atoms. The first-order valence-electron chi connectivity index (χ1n) is 8.19. The standard InChI is InChI=1S/C21H19ClN2O2/c1-13(14-3-5-16(22)6-4-14)19-17(15-9-11-24-12-10-15)7-8-18(21(23)25)20(19)26-2/h3-13H,1-2H3,(H2,23,25)/t13-/m1/s1. The molecule has 26 heavy (non-hydrogen) atoms. The Hall–Kier alpha value is -2.85. The van der Waals surface area contributed by atoms with Gasteiger partial charge in [0.05, 0.1) is 12.7 Å². The molecule has 1 atom stereocenters. The Labute approximate surface area is 157 Å². The molecule has 0 aliphatic rings. The highest BCUT2D eigenvalue weighted by atomic mass is 35.5. The Kier molecular flexibility index (Phi) is 5.24. The number of ether oxygens (including phenoxy) is 1. The number of nitrogens with zero attached hydrogens (tertiary/aromatic N) is 1. The number of carbonyl (C=O) groups is 1. The highest BCUT2D eigenvalue weighted by Gasteiger charge is 2.23. The van der Waals surface area contributed by atoms with Crippen molar-refractivity contribution in [2.45, 2.75) is 12.8 Å². The number of primary amides is 1. The molecule has 0 radical (unpaired) electrons. The van der Waals surface area contributed by atoms with Crippen molar-refractivity contribution in [2.75, 3.05) is 7.11 Å². The van der Waals surface area contributed by atoms with Gasteiger partial charge in [-0.15, -0.1) is 0 Å². The maximum atomic E-state index is 11.9. The van der Waals surface area contributed by atoms with E-state index in [2.05, 4.69) is 11.9 Å². The van der Waals surface area contributed by atoms with Gasteiger partial charge in [-0.3, -0.25) is 9.78 Å². The van der Waals surface area contributed by atoms with Gasteiger partial charge in [0, 0.05) is 28.9 Å². The van der Waals surface area contributed by atoms with Crippen molar-refractivity contribution in [2.24, 2.45) is 5.73 Å². The molecule has 2 N–H and O–H groups in total. The van der Waals surface area contributed by atoms with E-state index < -0.39 is 5.91 Å². The van der Waals surface area contributed by atoms with E-state index >= 15 is 0 Å². The van der Waals surface area contributed by atoms with Crippen molar-refractivity contribution in [3.05, 3.63) is 82.6 Å². The number of methoxy groups -OCH3 is 1. The Bertz CT molecular complexity index is 925. The van der Waals surface area contributed by atoms with Gasteiger partial charge in [-0.1, -0.05) is 36.7 Å². The average molecular weight is 367 g/mol. The highest BCUT2D eigenvalue weighted by molar-refractivity contribution is 6.30. The van der Waals surface area contributed by atoms with Gasteiger partial charge in [-0.05, 0) is 47.0 Å². The molecule has 1 amide bonds. The topological polar surface area (TPSA) is 65.2 Å². The summed E-state index contributed by atoms with van der Waals surface area (Å²) in [5, 5.41) is 0.674. The van der Waals surface area contributed by atoms with Crippen molar-refractivity contribution in [1.29, 1.82) is 0 Å². The van der Waals surface area contributed by atoms with E-state index in [0.717, 1.165) is 22.3 Å². The lowest BCUT2D eigenvalue weighted by Gasteiger charge is -2.22. The molecule has 3 rings (SSSR count). The highest BCUT2D eigenvalue weighted by Crippen LogP contribution is 2.41. The molecule has 0 saturated carbocycles. The summed E-state index contributed by atoms with van der Waals surface area (Å²) in [6.07, 6.45) is 3.47. The average Bonchev–Trinajstić information content (AvgIpc) is 2.67. The number of benzene rings is 2. The first kappa shape index (κ1) is 18.0. The third-order valence-electron chi connectivity index (χ3n) is 4.46. The van der Waals surface area contributed by atoms with Gasteiger partial charge in [0.25, 0.3) is 5.91 Å². The fraction of sp³-hybridized carbons (Fsp3) is 0.143. The minimum absolute atomic E-state index is 0.0373. The van der Waals surface area contributed by atoms with Crippen LogP contribution in [0.4, 0.5) is 0 Å². The zero-order valence-corrected chi connectivity index (χ0v) is 15.3. The van der Waals surface area contributed by atoms with E-state index in [-0.39, 0.29) is 5.92 Å². The van der Waals surface area contributed by atoms with Crippen LogP contribution < -0.4 is 10.5 Å². The van der Waals surface area contributed by atoms with Gasteiger partial charge in [0.15, 0.2) is 0 Å². The summed E-state index contributed by atoms with van der Waals surface area (Å²) in [6.45, 7) is 2.07. The number of carbonyl (C=O) groups excluding carboxylic acids is 1. The lowest BCUT2D eigenvalue weighted by Crippen LogP contribution is -2.15. The summed E-state index contributed by atoms with van der Waals surface area (Å²) in [5.41, 5.74) is 9.84. The number of hydrogen-bond acceptors (Lipinski definition) is 3. The minimum Gasteiger partial charge on any atom is -0.496 e. The van der Waals surface area contributed by atoms with Gasteiger partial charge < -0.3 is 10.5 Å². The first-order valence-corrected chi connectivity index (χ1v) is 8.57. The van der Waals surface area contributed by atoms with E-state index in [0.29, 0.717) is 16.3 Å². The number of halogens is 1. The predicted molar refractivity (Wildman–Crippen MR) is 104 cm³/mol. The van der Waals surface area contributed by atoms with Crippen molar-refractivity contribution < 1.29 is 9.53 Å². The Morgan fingerprint density at radius 2 is 1.73 bits per heavy atom. The molecule has 132 valence electrons. The number of rotatable bonds is 5. The number of pyridine rings is 1. The van der Waals surface area contributed by atoms with Crippen LogP contribution >= 0.6 is 11.6 Å². The maximum absolute atomic E-state index is 11.9. The third-order valence-corrected chi connectivity index (χ3v) is 4.71. The minimum atomic E-state index is -0.521. The van der Waals surface area contributed by atoms with Crippen LogP contribution in [0.5, 0.6) is 5.75 Å². The summed E-state index contributed by atoms with van der Waals surface area (Å²) in [4.78, 5) is 16.0. The van der Waals surface area contributed by atoms with Crippen LogP contribution in [-0.4, -0.2) is 18.0 Å². The van der Waals surface area contributed by atoms with E-state index in [4.69, 9.17) is 22.1 Å². The molecule has 3 aromatic rings. The quantitative estimate of drug-likeness (QED) is 0.714. The summed E-state index contributed by atoms with van der Waals surface area (Å²) < 4.78 is 5.62. The van der Waals surface area contributed by atoms with E-state index in [1.807, 2.05) is 42.5 Å². The Morgan fingerprint density at radius 3 is 2.31 bits per heavy atom. The Balaban J connectivity index is 2.26. The fourth-order valence-corrected chi connectivity index (χ4v) is 3.27. The van der Waals surface area contributed by atoms with Gasteiger partial charge >= 0.3 is 0 Å². The predicted octanol–water partition coefficient (Wildman–Crippen LogP) is 4.66. The lowest BCUT2D eigenvalue weighted by molar-refractivity contribution is 0.0997. The largest absolute Gasteiger partial charge is 0.496 e. The van der Waals surface area contributed by atoms with Crippen LogP contribution in [-0.2, 0) is 0 Å². The van der Waals surface area contributed by atoms with Crippen molar-refractivity contribution in [1.82, 2.24) is 4.98 Å². The molecule has 1 aromatic heterocycles. The molecule has 0 saturated heterocycles. The van der Waals surface area contributed by atoms with Crippen LogP contribution in [0.3, 0.4) is 0 Å². The number of nitrogens with two attached hydrogens (primary N) is 1. The summed E-state index contributed by atoms with van der Waals surface area (Å²) in [7, 11) is 1.55. The van der Waals surface area contributed by atoms with Crippen molar-refractivity contribution in [3.63, 3.8) is 0 Å². The van der Waals surface area contributed by atoms with Gasteiger partial charge in [-0.25, -0.2) is 0 Å². The van der Waals surface area contributed by atoms with Gasteiger partial charge in [-0.2, -0.15) is 0 Å². The smallest absolute Gasteiger partial charge is 0.252 e.